The Balaban J connectivity index is 1.43. The van der Waals surface area contributed by atoms with E-state index in [4.69, 9.17) is 22.1 Å². The number of carbonyl (C=O) groups excluding carboxylic acids is 3. The van der Waals surface area contributed by atoms with Crippen molar-refractivity contribution < 1.29 is 27.9 Å². The fourth-order valence-corrected chi connectivity index (χ4v) is 5.21. The van der Waals surface area contributed by atoms with Gasteiger partial charge in [-0.1, -0.05) is 60.1 Å². The summed E-state index contributed by atoms with van der Waals surface area (Å²) in [6.45, 7) is -0.837. The van der Waals surface area contributed by atoms with Gasteiger partial charge in [-0.15, -0.1) is 0 Å². The number of methoxy groups -OCH3 is 1. The van der Waals surface area contributed by atoms with Crippen molar-refractivity contribution in [2.75, 3.05) is 19.0 Å². The number of halogens is 3. The van der Waals surface area contributed by atoms with Crippen molar-refractivity contribution in [2.24, 2.45) is 5.73 Å². The number of hydrogen-bond acceptors (Lipinski definition) is 5. The topological polar surface area (TPSA) is 120 Å². The van der Waals surface area contributed by atoms with Gasteiger partial charge in [-0.3, -0.25) is 19.1 Å². The number of hydrogen-bond donors (Lipinski definition) is 2. The Morgan fingerprint density at radius 2 is 1.77 bits per heavy atom. The van der Waals surface area contributed by atoms with Crippen LogP contribution in [0, 0.1) is 5.82 Å². The monoisotopic (exact) mass is 567 g/mol. The van der Waals surface area contributed by atoms with Gasteiger partial charge in [0, 0.05) is 28.6 Å². The number of benzene rings is 3. The molecule has 3 amide bonds. The molecule has 1 fully saturated rings. The SMILES string of the molecule is CO[C@H]1[C@@H](C(=O)Nc2cccc(-c3ccccc3Cl)c2F)N(C(=O)Cn2nc(C(N)=O)c3ccccc32)C[C@@H]1F. The molecule has 3 N–H and O–H groups in total. The maximum absolute atomic E-state index is 15.5. The Morgan fingerprint density at radius 1 is 1.07 bits per heavy atom. The largest absolute Gasteiger partial charge is 0.376 e. The van der Waals surface area contributed by atoms with Crippen molar-refractivity contribution in [1.82, 2.24) is 14.7 Å². The van der Waals surface area contributed by atoms with Crippen molar-refractivity contribution in [3.8, 4) is 11.1 Å². The molecule has 0 radical (unpaired) electrons. The minimum atomic E-state index is -1.68. The Hall–Kier alpha value is -4.35. The second kappa shape index (κ2) is 11.0. The number of fused-ring (bicyclic) bond motifs is 1. The highest BCUT2D eigenvalue weighted by atomic mass is 35.5. The third-order valence-electron chi connectivity index (χ3n) is 6.83. The first-order chi connectivity index (χ1) is 19.2. The van der Waals surface area contributed by atoms with Crippen molar-refractivity contribution in [2.45, 2.75) is 24.9 Å². The predicted octanol–water partition coefficient (Wildman–Crippen LogP) is 3.80. The molecule has 0 spiro atoms. The molecule has 4 aromatic rings. The summed E-state index contributed by atoms with van der Waals surface area (Å²) in [5, 5.41) is 7.42. The summed E-state index contributed by atoms with van der Waals surface area (Å²) >= 11 is 6.23. The molecule has 1 aliphatic rings. The lowest BCUT2D eigenvalue weighted by atomic mass is 10.0. The summed E-state index contributed by atoms with van der Waals surface area (Å²) < 4.78 is 37.0. The second-order valence-electron chi connectivity index (χ2n) is 9.23. The van der Waals surface area contributed by atoms with Crippen LogP contribution in [0.15, 0.2) is 66.7 Å². The molecule has 0 saturated carbocycles. The summed E-state index contributed by atoms with van der Waals surface area (Å²) in [6.07, 6.45) is -2.98. The third kappa shape index (κ3) is 4.89. The molecule has 12 heteroatoms. The average molecular weight is 568 g/mol. The van der Waals surface area contributed by atoms with Crippen LogP contribution >= 0.6 is 11.6 Å². The van der Waals surface area contributed by atoms with Gasteiger partial charge < -0.3 is 20.7 Å². The highest BCUT2D eigenvalue weighted by molar-refractivity contribution is 6.33. The maximum atomic E-state index is 15.5. The van der Waals surface area contributed by atoms with Gasteiger partial charge in [0.25, 0.3) is 5.91 Å². The van der Waals surface area contributed by atoms with Gasteiger partial charge in [0.2, 0.25) is 11.8 Å². The van der Waals surface area contributed by atoms with Crippen LogP contribution < -0.4 is 11.1 Å². The van der Waals surface area contributed by atoms with Crippen LogP contribution in [-0.2, 0) is 20.9 Å². The zero-order valence-corrected chi connectivity index (χ0v) is 21.9. The lowest BCUT2D eigenvalue weighted by molar-refractivity contribution is -0.139. The molecule has 0 unspecified atom stereocenters. The lowest BCUT2D eigenvalue weighted by Crippen LogP contribution is -2.49. The van der Waals surface area contributed by atoms with Gasteiger partial charge in [-0.05, 0) is 18.2 Å². The molecule has 206 valence electrons. The Bertz CT molecular complexity index is 1630. The first-order valence-corrected chi connectivity index (χ1v) is 12.6. The van der Waals surface area contributed by atoms with Crippen LogP contribution in [0.3, 0.4) is 0 Å². The molecular weight excluding hydrogens is 544 g/mol. The molecule has 0 bridgehead atoms. The fraction of sp³-hybridized carbons (Fsp3) is 0.214. The second-order valence-corrected chi connectivity index (χ2v) is 9.64. The summed E-state index contributed by atoms with van der Waals surface area (Å²) in [5.41, 5.74) is 6.29. The van der Waals surface area contributed by atoms with E-state index in [1.54, 1.807) is 54.6 Å². The Labute approximate surface area is 232 Å². The van der Waals surface area contributed by atoms with Crippen molar-refractivity contribution >= 4 is 45.9 Å². The lowest BCUT2D eigenvalue weighted by Gasteiger charge is -2.26. The van der Waals surface area contributed by atoms with E-state index in [9.17, 15) is 18.8 Å². The number of carbonyl (C=O) groups is 3. The summed E-state index contributed by atoms with van der Waals surface area (Å²) in [4.78, 5) is 39.8. The molecule has 1 aliphatic heterocycles. The van der Waals surface area contributed by atoms with Gasteiger partial charge >= 0.3 is 0 Å². The summed E-state index contributed by atoms with van der Waals surface area (Å²) in [7, 11) is 1.23. The molecule has 40 heavy (non-hydrogen) atoms. The van der Waals surface area contributed by atoms with Gasteiger partial charge in [-0.2, -0.15) is 5.10 Å². The number of nitrogens with one attached hydrogen (secondary N) is 1. The van der Waals surface area contributed by atoms with Crippen LogP contribution in [0.5, 0.6) is 0 Å². The number of likely N-dealkylation sites (tertiary alicyclic amines) is 1. The smallest absolute Gasteiger partial charge is 0.269 e. The van der Waals surface area contributed by atoms with Crippen LogP contribution in [0.25, 0.3) is 22.0 Å². The molecule has 1 aromatic heterocycles. The molecule has 2 heterocycles. The number of anilines is 1. The van der Waals surface area contributed by atoms with Crippen LogP contribution in [-0.4, -0.2) is 64.4 Å². The number of rotatable bonds is 7. The fourth-order valence-electron chi connectivity index (χ4n) is 4.98. The van der Waals surface area contributed by atoms with E-state index >= 15 is 4.39 Å². The molecule has 5 rings (SSSR count). The van der Waals surface area contributed by atoms with Crippen molar-refractivity contribution in [1.29, 1.82) is 0 Å². The molecule has 3 atom stereocenters. The van der Waals surface area contributed by atoms with E-state index in [1.165, 1.54) is 23.9 Å². The number of primary amides is 1. The zero-order chi connectivity index (χ0) is 28.6. The van der Waals surface area contributed by atoms with Crippen LogP contribution in [0.2, 0.25) is 5.02 Å². The third-order valence-corrected chi connectivity index (χ3v) is 7.16. The molecule has 0 aliphatic carbocycles. The normalized spacial score (nSPS) is 18.7. The number of alkyl halides is 1. The van der Waals surface area contributed by atoms with E-state index in [-0.39, 0.29) is 16.9 Å². The van der Waals surface area contributed by atoms with Gasteiger partial charge in [0.05, 0.1) is 17.7 Å². The van der Waals surface area contributed by atoms with Crippen LogP contribution in [0.4, 0.5) is 14.5 Å². The molecule has 9 nitrogen and oxygen atoms in total. The maximum Gasteiger partial charge on any atom is 0.269 e. The highest BCUT2D eigenvalue weighted by Gasteiger charge is 2.49. The number of para-hydroxylation sites is 1. The molecular formula is C28H24ClF2N5O4. The number of nitrogens with two attached hydrogens (primary N) is 1. The number of amides is 3. The number of ether oxygens (including phenoxy) is 1. The van der Waals surface area contributed by atoms with Crippen LogP contribution in [0.1, 0.15) is 10.5 Å². The summed E-state index contributed by atoms with van der Waals surface area (Å²) in [6, 6.07) is 16.4. The first-order valence-electron chi connectivity index (χ1n) is 12.3. The zero-order valence-electron chi connectivity index (χ0n) is 21.2. The van der Waals surface area contributed by atoms with Gasteiger partial charge in [0.1, 0.15) is 24.9 Å². The summed E-state index contributed by atoms with van der Waals surface area (Å²) in [5.74, 6) is -3.01. The average Bonchev–Trinajstić information content (AvgIpc) is 3.48. The van der Waals surface area contributed by atoms with E-state index in [0.717, 1.165) is 4.90 Å². The van der Waals surface area contributed by atoms with Crippen molar-refractivity contribution in [3.05, 3.63) is 83.3 Å². The van der Waals surface area contributed by atoms with Gasteiger partial charge in [-0.25, -0.2) is 8.78 Å². The minimum Gasteiger partial charge on any atom is -0.376 e. The van der Waals surface area contributed by atoms with Gasteiger partial charge in [0.15, 0.2) is 11.5 Å². The predicted molar refractivity (Wildman–Crippen MR) is 145 cm³/mol. The standard InChI is InChI=1S/C28H24ClF2N5O4/c1-40-26-19(30)13-35(22(37)14-36-21-12-5-3-8-17(21)24(34-36)27(32)38)25(26)28(39)33-20-11-6-9-16(23(20)31)15-7-2-4-10-18(15)29/h2-12,19,25-26H,13-14H2,1H3,(H2,32,38)(H,33,39)/t19-,25-,26+/m0/s1. The quantitative estimate of drug-likeness (QED) is 0.352. The number of nitrogens with zero attached hydrogens (tertiary/aromatic N) is 3. The Morgan fingerprint density at radius 3 is 2.50 bits per heavy atom. The van der Waals surface area contributed by atoms with E-state index < -0.39 is 54.9 Å². The minimum absolute atomic E-state index is 0.0221. The number of aromatic nitrogens is 2. The van der Waals surface area contributed by atoms with Crippen molar-refractivity contribution in [3.63, 3.8) is 0 Å². The molecule has 1 saturated heterocycles. The Kier molecular flexibility index (Phi) is 7.51. The van der Waals surface area contributed by atoms with E-state index in [2.05, 4.69) is 10.4 Å². The first kappa shape index (κ1) is 27.2. The molecule has 3 aromatic carbocycles. The highest BCUT2D eigenvalue weighted by Crippen LogP contribution is 2.33. The van der Waals surface area contributed by atoms with E-state index in [0.29, 0.717) is 21.5 Å². The van der Waals surface area contributed by atoms with E-state index in [1.807, 2.05) is 0 Å².